The zero-order valence-corrected chi connectivity index (χ0v) is 8.94. The molecule has 0 spiro atoms. The van der Waals surface area contributed by atoms with Gasteiger partial charge in [0.25, 0.3) is 0 Å². The normalized spacial score (nSPS) is 9.43. The van der Waals surface area contributed by atoms with Gasteiger partial charge >= 0.3 is 0 Å². The zero-order valence-electron chi connectivity index (χ0n) is 8.94. The van der Waals surface area contributed by atoms with E-state index in [9.17, 15) is 4.79 Å². The van der Waals surface area contributed by atoms with Gasteiger partial charge in [-0.1, -0.05) is 13.3 Å². The van der Waals surface area contributed by atoms with Crippen molar-refractivity contribution < 1.29 is 4.79 Å². The van der Waals surface area contributed by atoms with Crippen LogP contribution in [-0.2, 0) is 4.79 Å². The van der Waals surface area contributed by atoms with Crippen LogP contribution in [0.15, 0.2) is 0 Å². The van der Waals surface area contributed by atoms with Gasteiger partial charge in [0.05, 0.1) is 6.54 Å². The van der Waals surface area contributed by atoms with E-state index in [2.05, 4.69) is 23.5 Å². The smallest absolute Gasteiger partial charge is 0.233 e. The van der Waals surface area contributed by atoms with Crippen molar-refractivity contribution >= 4 is 5.91 Å². The second kappa shape index (κ2) is 10.1. The summed E-state index contributed by atoms with van der Waals surface area (Å²) in [7, 11) is 0. The lowest BCUT2D eigenvalue weighted by molar-refractivity contribution is -0.120. The van der Waals surface area contributed by atoms with Crippen LogP contribution in [0, 0.1) is 12.3 Å². The number of hydrogen-bond acceptors (Lipinski definition) is 2. The summed E-state index contributed by atoms with van der Waals surface area (Å²) in [5.41, 5.74) is 0. The quantitative estimate of drug-likeness (QED) is 0.447. The fraction of sp³-hybridized carbons (Fsp3) is 0.727. The van der Waals surface area contributed by atoms with Crippen LogP contribution < -0.4 is 10.6 Å². The molecule has 0 aliphatic carbocycles. The van der Waals surface area contributed by atoms with Crippen LogP contribution in [0.2, 0.25) is 0 Å². The number of carbonyl (C=O) groups is 1. The third-order valence-corrected chi connectivity index (χ3v) is 1.81. The first-order valence-electron chi connectivity index (χ1n) is 5.22. The van der Waals surface area contributed by atoms with Crippen LogP contribution >= 0.6 is 0 Å². The molecule has 0 aromatic carbocycles. The van der Waals surface area contributed by atoms with Crippen molar-refractivity contribution in [2.45, 2.75) is 32.6 Å². The summed E-state index contributed by atoms with van der Waals surface area (Å²) in [6.07, 6.45) is 8.94. The first kappa shape index (κ1) is 13.0. The van der Waals surface area contributed by atoms with Crippen molar-refractivity contribution in [1.82, 2.24) is 10.6 Å². The molecule has 0 atom stereocenters. The van der Waals surface area contributed by atoms with Crippen LogP contribution in [0.3, 0.4) is 0 Å². The summed E-state index contributed by atoms with van der Waals surface area (Å²) < 4.78 is 0. The standard InChI is InChI=1S/C11H20N2O/c1-3-5-7-8-12-10-11(14)13-9-6-4-2/h1,12H,4-10H2,2H3,(H,13,14). The molecule has 0 unspecified atom stereocenters. The Morgan fingerprint density at radius 2 is 2.14 bits per heavy atom. The van der Waals surface area contributed by atoms with Gasteiger partial charge in [0.2, 0.25) is 5.91 Å². The Hall–Kier alpha value is -1.01. The van der Waals surface area contributed by atoms with E-state index < -0.39 is 0 Å². The average molecular weight is 196 g/mol. The predicted molar refractivity (Wildman–Crippen MR) is 58.9 cm³/mol. The number of hydrogen-bond donors (Lipinski definition) is 2. The molecule has 0 rings (SSSR count). The molecule has 14 heavy (non-hydrogen) atoms. The number of carbonyl (C=O) groups excluding carboxylic acids is 1. The molecule has 1 amide bonds. The summed E-state index contributed by atoms with van der Waals surface area (Å²) in [5.74, 6) is 2.63. The van der Waals surface area contributed by atoms with Gasteiger partial charge in [-0.25, -0.2) is 0 Å². The Balaban J connectivity index is 3.15. The Kier molecular flexibility index (Phi) is 9.35. The van der Waals surface area contributed by atoms with Crippen LogP contribution in [0.25, 0.3) is 0 Å². The Morgan fingerprint density at radius 3 is 2.79 bits per heavy atom. The molecular weight excluding hydrogens is 176 g/mol. The van der Waals surface area contributed by atoms with E-state index >= 15 is 0 Å². The maximum atomic E-state index is 11.1. The van der Waals surface area contributed by atoms with Crippen molar-refractivity contribution in [2.24, 2.45) is 0 Å². The maximum absolute atomic E-state index is 11.1. The van der Waals surface area contributed by atoms with Crippen LogP contribution in [-0.4, -0.2) is 25.5 Å². The SMILES string of the molecule is C#CCCCNCC(=O)NCCCC. The Labute approximate surface area is 86.6 Å². The summed E-state index contributed by atoms with van der Waals surface area (Å²) >= 11 is 0. The van der Waals surface area contributed by atoms with Gasteiger partial charge < -0.3 is 10.6 Å². The molecule has 0 fully saturated rings. The molecular formula is C11H20N2O. The molecule has 0 aromatic rings. The number of amides is 1. The molecule has 3 heteroatoms. The molecule has 80 valence electrons. The van der Waals surface area contributed by atoms with E-state index in [0.29, 0.717) is 6.54 Å². The summed E-state index contributed by atoms with van der Waals surface area (Å²) in [4.78, 5) is 11.1. The van der Waals surface area contributed by atoms with Gasteiger partial charge in [0.1, 0.15) is 0 Å². The van der Waals surface area contributed by atoms with Crippen LogP contribution in [0.1, 0.15) is 32.6 Å². The molecule has 0 heterocycles. The molecule has 0 saturated carbocycles. The average Bonchev–Trinajstić information content (AvgIpc) is 2.18. The minimum Gasteiger partial charge on any atom is -0.355 e. The molecule has 0 aromatic heterocycles. The van der Waals surface area contributed by atoms with E-state index in [4.69, 9.17) is 6.42 Å². The van der Waals surface area contributed by atoms with Gasteiger partial charge in [0, 0.05) is 13.0 Å². The number of rotatable bonds is 8. The van der Waals surface area contributed by atoms with Gasteiger partial charge in [-0.3, -0.25) is 4.79 Å². The Morgan fingerprint density at radius 1 is 1.36 bits per heavy atom. The third-order valence-electron chi connectivity index (χ3n) is 1.81. The second-order valence-electron chi connectivity index (χ2n) is 3.19. The zero-order chi connectivity index (χ0) is 10.6. The van der Waals surface area contributed by atoms with Gasteiger partial charge in [0.15, 0.2) is 0 Å². The van der Waals surface area contributed by atoms with Crippen molar-refractivity contribution in [1.29, 1.82) is 0 Å². The highest BCUT2D eigenvalue weighted by atomic mass is 16.1. The van der Waals surface area contributed by atoms with E-state index in [1.165, 1.54) is 0 Å². The van der Waals surface area contributed by atoms with Crippen molar-refractivity contribution in [2.75, 3.05) is 19.6 Å². The number of terminal acetylenes is 1. The number of unbranched alkanes of at least 4 members (excludes halogenated alkanes) is 2. The minimum absolute atomic E-state index is 0.0687. The fourth-order valence-corrected chi connectivity index (χ4v) is 0.984. The van der Waals surface area contributed by atoms with Gasteiger partial charge in [-0.05, 0) is 19.4 Å². The molecule has 0 saturated heterocycles. The Bertz CT molecular complexity index is 184. The summed E-state index contributed by atoms with van der Waals surface area (Å²) in [6, 6.07) is 0. The predicted octanol–water partition coefficient (Wildman–Crippen LogP) is 0.906. The highest BCUT2D eigenvalue weighted by Gasteiger charge is 1.97. The first-order valence-corrected chi connectivity index (χ1v) is 5.22. The lowest BCUT2D eigenvalue weighted by Crippen LogP contribution is -2.34. The van der Waals surface area contributed by atoms with E-state index in [1.807, 2.05) is 0 Å². The van der Waals surface area contributed by atoms with Crippen molar-refractivity contribution in [3.63, 3.8) is 0 Å². The molecule has 0 bridgehead atoms. The molecule has 0 aliphatic heterocycles. The minimum atomic E-state index is 0.0687. The third kappa shape index (κ3) is 9.08. The monoisotopic (exact) mass is 196 g/mol. The van der Waals surface area contributed by atoms with Crippen molar-refractivity contribution in [3.05, 3.63) is 0 Å². The topological polar surface area (TPSA) is 41.1 Å². The van der Waals surface area contributed by atoms with Gasteiger partial charge in [-0.2, -0.15) is 0 Å². The first-order chi connectivity index (χ1) is 6.81. The van der Waals surface area contributed by atoms with E-state index in [0.717, 1.165) is 38.8 Å². The maximum Gasteiger partial charge on any atom is 0.233 e. The van der Waals surface area contributed by atoms with Crippen LogP contribution in [0.5, 0.6) is 0 Å². The summed E-state index contributed by atoms with van der Waals surface area (Å²) in [6.45, 7) is 4.09. The highest BCUT2D eigenvalue weighted by Crippen LogP contribution is 1.83. The van der Waals surface area contributed by atoms with E-state index in [1.54, 1.807) is 0 Å². The molecule has 0 radical (unpaired) electrons. The van der Waals surface area contributed by atoms with Crippen LogP contribution in [0.4, 0.5) is 0 Å². The molecule has 3 nitrogen and oxygen atoms in total. The fourth-order valence-electron chi connectivity index (χ4n) is 0.984. The van der Waals surface area contributed by atoms with Crippen molar-refractivity contribution in [3.8, 4) is 12.3 Å². The summed E-state index contributed by atoms with van der Waals surface area (Å²) in [5, 5.41) is 5.87. The van der Waals surface area contributed by atoms with E-state index in [-0.39, 0.29) is 5.91 Å². The lowest BCUT2D eigenvalue weighted by Gasteiger charge is -2.04. The molecule has 0 aliphatic rings. The lowest BCUT2D eigenvalue weighted by atomic mass is 10.3. The highest BCUT2D eigenvalue weighted by molar-refractivity contribution is 5.77. The number of nitrogens with one attached hydrogen (secondary N) is 2. The molecule has 2 N–H and O–H groups in total. The second-order valence-corrected chi connectivity index (χ2v) is 3.19. The largest absolute Gasteiger partial charge is 0.355 e. The van der Waals surface area contributed by atoms with Gasteiger partial charge in [-0.15, -0.1) is 12.3 Å².